The lowest BCUT2D eigenvalue weighted by molar-refractivity contribution is -0.135. The molecule has 1 aromatic rings. The number of carbonyl (C=O) groups excluding carboxylic acids is 2. The van der Waals surface area contributed by atoms with Crippen molar-refractivity contribution >= 4 is 11.8 Å². The fourth-order valence-corrected chi connectivity index (χ4v) is 2.70. The van der Waals surface area contributed by atoms with Crippen LogP contribution in [0, 0.1) is 5.92 Å². The molecule has 6 heteroatoms. The fourth-order valence-electron chi connectivity index (χ4n) is 2.70. The number of pyridine rings is 1. The van der Waals surface area contributed by atoms with Gasteiger partial charge >= 0.3 is 0 Å². The molecular formula is C16H24N4O2. The first-order valence-electron chi connectivity index (χ1n) is 7.86. The summed E-state index contributed by atoms with van der Waals surface area (Å²) in [4.78, 5) is 30.3. The van der Waals surface area contributed by atoms with E-state index >= 15 is 0 Å². The van der Waals surface area contributed by atoms with Crippen LogP contribution in [0.1, 0.15) is 25.0 Å². The third-order valence-corrected chi connectivity index (χ3v) is 3.91. The largest absolute Gasteiger partial charge is 0.355 e. The second-order valence-corrected chi connectivity index (χ2v) is 5.58. The topological polar surface area (TPSA) is 88.3 Å². The predicted octanol–water partition coefficient (Wildman–Crippen LogP) is 0.328. The summed E-state index contributed by atoms with van der Waals surface area (Å²) in [5.41, 5.74) is 6.31. The molecule has 22 heavy (non-hydrogen) atoms. The van der Waals surface area contributed by atoms with Crippen molar-refractivity contribution in [3.63, 3.8) is 0 Å². The summed E-state index contributed by atoms with van der Waals surface area (Å²) < 4.78 is 0. The SMILES string of the molecule is NCCNC(=O)C1CCCN(C(=O)CCc2ccccn2)C1. The van der Waals surface area contributed by atoms with Crippen molar-refractivity contribution in [1.29, 1.82) is 0 Å². The molecule has 0 aromatic carbocycles. The van der Waals surface area contributed by atoms with Gasteiger partial charge < -0.3 is 16.0 Å². The summed E-state index contributed by atoms with van der Waals surface area (Å²) in [6, 6.07) is 5.71. The smallest absolute Gasteiger partial charge is 0.224 e. The molecule has 1 aromatic heterocycles. The first-order chi connectivity index (χ1) is 10.7. The molecule has 1 fully saturated rings. The highest BCUT2D eigenvalue weighted by atomic mass is 16.2. The van der Waals surface area contributed by atoms with E-state index in [4.69, 9.17) is 5.73 Å². The number of aryl methyl sites for hydroxylation is 1. The molecule has 1 saturated heterocycles. The van der Waals surface area contributed by atoms with Crippen LogP contribution >= 0.6 is 0 Å². The van der Waals surface area contributed by atoms with Gasteiger partial charge in [-0.2, -0.15) is 0 Å². The number of nitrogens with one attached hydrogen (secondary N) is 1. The molecule has 0 aliphatic carbocycles. The molecule has 0 radical (unpaired) electrons. The summed E-state index contributed by atoms with van der Waals surface area (Å²) in [6.07, 6.45) is 4.52. The highest BCUT2D eigenvalue weighted by molar-refractivity contribution is 5.81. The van der Waals surface area contributed by atoms with E-state index in [1.165, 1.54) is 0 Å². The molecule has 2 rings (SSSR count). The molecule has 1 aliphatic rings. The van der Waals surface area contributed by atoms with Gasteiger partial charge in [-0.3, -0.25) is 14.6 Å². The normalized spacial score (nSPS) is 18.0. The maximum Gasteiger partial charge on any atom is 0.224 e. The Balaban J connectivity index is 1.81. The van der Waals surface area contributed by atoms with Crippen LogP contribution in [-0.4, -0.2) is 47.9 Å². The molecule has 0 saturated carbocycles. The Bertz CT molecular complexity index is 492. The Hall–Kier alpha value is -1.95. The number of rotatable bonds is 6. The van der Waals surface area contributed by atoms with Gasteiger partial charge in [-0.25, -0.2) is 0 Å². The number of nitrogens with zero attached hydrogens (tertiary/aromatic N) is 2. The summed E-state index contributed by atoms with van der Waals surface area (Å²) in [5, 5.41) is 2.81. The van der Waals surface area contributed by atoms with Gasteiger partial charge in [0, 0.05) is 44.5 Å². The molecule has 1 aliphatic heterocycles. The number of amides is 2. The van der Waals surface area contributed by atoms with Crippen molar-refractivity contribution in [1.82, 2.24) is 15.2 Å². The number of aromatic nitrogens is 1. The lowest BCUT2D eigenvalue weighted by Crippen LogP contribution is -2.46. The van der Waals surface area contributed by atoms with Crippen molar-refractivity contribution in [2.24, 2.45) is 11.7 Å². The Morgan fingerprint density at radius 2 is 2.27 bits per heavy atom. The van der Waals surface area contributed by atoms with Crippen LogP contribution in [0.3, 0.4) is 0 Å². The molecular weight excluding hydrogens is 280 g/mol. The maximum absolute atomic E-state index is 12.3. The molecule has 2 amide bonds. The van der Waals surface area contributed by atoms with Crippen LogP contribution in [0.25, 0.3) is 0 Å². The zero-order chi connectivity index (χ0) is 15.8. The molecule has 1 atom stereocenters. The van der Waals surface area contributed by atoms with E-state index in [2.05, 4.69) is 10.3 Å². The number of hydrogen-bond donors (Lipinski definition) is 2. The van der Waals surface area contributed by atoms with Crippen molar-refractivity contribution in [2.75, 3.05) is 26.2 Å². The van der Waals surface area contributed by atoms with Gasteiger partial charge in [-0.1, -0.05) is 6.07 Å². The molecule has 2 heterocycles. The predicted molar refractivity (Wildman–Crippen MR) is 83.9 cm³/mol. The van der Waals surface area contributed by atoms with Gasteiger partial charge in [0.05, 0.1) is 5.92 Å². The minimum Gasteiger partial charge on any atom is -0.355 e. The number of likely N-dealkylation sites (tertiary alicyclic amines) is 1. The van der Waals surface area contributed by atoms with Gasteiger partial charge in [0.15, 0.2) is 0 Å². The average Bonchev–Trinajstić information content (AvgIpc) is 2.58. The van der Waals surface area contributed by atoms with E-state index in [-0.39, 0.29) is 17.7 Å². The quantitative estimate of drug-likeness (QED) is 0.792. The van der Waals surface area contributed by atoms with Crippen LogP contribution in [0.5, 0.6) is 0 Å². The second-order valence-electron chi connectivity index (χ2n) is 5.58. The van der Waals surface area contributed by atoms with Crippen LogP contribution in [0.4, 0.5) is 0 Å². The first-order valence-corrected chi connectivity index (χ1v) is 7.86. The zero-order valence-corrected chi connectivity index (χ0v) is 12.8. The van der Waals surface area contributed by atoms with E-state index in [1.54, 1.807) is 11.1 Å². The minimum absolute atomic E-state index is 0.00711. The third kappa shape index (κ3) is 4.80. The number of hydrogen-bond acceptors (Lipinski definition) is 4. The van der Waals surface area contributed by atoms with Crippen molar-refractivity contribution in [2.45, 2.75) is 25.7 Å². The van der Waals surface area contributed by atoms with Crippen LogP contribution in [0.15, 0.2) is 24.4 Å². The fraction of sp³-hybridized carbons (Fsp3) is 0.562. The van der Waals surface area contributed by atoms with Gasteiger partial charge in [-0.15, -0.1) is 0 Å². The number of nitrogens with two attached hydrogens (primary N) is 1. The van der Waals surface area contributed by atoms with Gasteiger partial charge in [-0.05, 0) is 31.4 Å². The lowest BCUT2D eigenvalue weighted by Gasteiger charge is -2.32. The molecule has 3 N–H and O–H groups in total. The zero-order valence-electron chi connectivity index (χ0n) is 12.8. The van der Waals surface area contributed by atoms with Crippen LogP contribution < -0.4 is 11.1 Å². The summed E-state index contributed by atoms with van der Waals surface area (Å²) in [5.74, 6) is -0.00578. The number of piperidine rings is 1. The lowest BCUT2D eigenvalue weighted by atomic mass is 9.96. The molecule has 1 unspecified atom stereocenters. The van der Waals surface area contributed by atoms with Crippen LogP contribution in [0.2, 0.25) is 0 Å². The van der Waals surface area contributed by atoms with Crippen molar-refractivity contribution in [3.8, 4) is 0 Å². The first kappa shape index (κ1) is 16.4. The van der Waals surface area contributed by atoms with E-state index in [9.17, 15) is 9.59 Å². The third-order valence-electron chi connectivity index (χ3n) is 3.91. The summed E-state index contributed by atoms with van der Waals surface area (Å²) >= 11 is 0. The van der Waals surface area contributed by atoms with Crippen LogP contribution in [-0.2, 0) is 16.0 Å². The van der Waals surface area contributed by atoms with Crippen molar-refractivity contribution < 1.29 is 9.59 Å². The monoisotopic (exact) mass is 304 g/mol. The Labute approximate surface area is 131 Å². The van der Waals surface area contributed by atoms with E-state index in [0.29, 0.717) is 32.5 Å². The highest BCUT2D eigenvalue weighted by Crippen LogP contribution is 2.17. The van der Waals surface area contributed by atoms with E-state index in [0.717, 1.165) is 25.1 Å². The Morgan fingerprint density at radius 3 is 3.00 bits per heavy atom. The molecule has 0 bridgehead atoms. The average molecular weight is 304 g/mol. The van der Waals surface area contributed by atoms with Crippen molar-refractivity contribution in [3.05, 3.63) is 30.1 Å². The number of carbonyl (C=O) groups is 2. The molecule has 0 spiro atoms. The Morgan fingerprint density at radius 1 is 1.41 bits per heavy atom. The minimum atomic E-state index is -0.112. The second kappa shape index (κ2) is 8.48. The maximum atomic E-state index is 12.3. The summed E-state index contributed by atoms with van der Waals surface area (Å²) in [7, 11) is 0. The van der Waals surface area contributed by atoms with E-state index in [1.807, 2.05) is 18.2 Å². The van der Waals surface area contributed by atoms with Gasteiger partial charge in [0.1, 0.15) is 0 Å². The molecule has 6 nitrogen and oxygen atoms in total. The highest BCUT2D eigenvalue weighted by Gasteiger charge is 2.27. The van der Waals surface area contributed by atoms with E-state index < -0.39 is 0 Å². The summed E-state index contributed by atoms with van der Waals surface area (Å²) in [6.45, 7) is 2.17. The van der Waals surface area contributed by atoms with Gasteiger partial charge in [0.2, 0.25) is 11.8 Å². The standard InChI is InChI=1S/C16H24N4O2/c17-8-10-19-16(22)13-4-3-11-20(12-13)15(21)7-6-14-5-1-2-9-18-14/h1-2,5,9,13H,3-4,6-8,10-12,17H2,(H,19,22). The Kier molecular flexibility index (Phi) is 6.33. The van der Waals surface area contributed by atoms with Gasteiger partial charge in [0.25, 0.3) is 0 Å². The molecule has 120 valence electrons.